The van der Waals surface area contributed by atoms with Crippen molar-refractivity contribution in [1.82, 2.24) is 15.1 Å². The van der Waals surface area contributed by atoms with Gasteiger partial charge < -0.3 is 19.3 Å². The summed E-state index contributed by atoms with van der Waals surface area (Å²) in [5.41, 5.74) is 1.98. The molecule has 1 aromatic carbocycles. The van der Waals surface area contributed by atoms with E-state index in [-0.39, 0.29) is 30.3 Å². The molecule has 3 heterocycles. The van der Waals surface area contributed by atoms with Crippen LogP contribution >= 0.6 is 0 Å². The minimum absolute atomic E-state index is 0.00675. The van der Waals surface area contributed by atoms with Crippen LogP contribution in [0.5, 0.6) is 11.8 Å². The van der Waals surface area contributed by atoms with Gasteiger partial charge in [-0.15, -0.1) is 10.2 Å². The van der Waals surface area contributed by atoms with E-state index < -0.39 is 0 Å². The number of carbonyl (C=O) groups excluding carboxylic acids is 2. The van der Waals surface area contributed by atoms with Crippen molar-refractivity contribution < 1.29 is 19.1 Å². The van der Waals surface area contributed by atoms with Crippen LogP contribution < -0.4 is 14.4 Å². The van der Waals surface area contributed by atoms with Gasteiger partial charge in [0.15, 0.2) is 0 Å². The Labute approximate surface area is 169 Å². The number of ether oxygens (including phenoxy) is 2. The fraction of sp³-hybridized carbons (Fsp3) is 0.429. The smallest absolute Gasteiger partial charge is 0.233 e. The van der Waals surface area contributed by atoms with Crippen molar-refractivity contribution in [2.24, 2.45) is 5.92 Å². The Bertz CT molecular complexity index is 885. The van der Waals surface area contributed by atoms with E-state index in [9.17, 15) is 9.59 Å². The Morgan fingerprint density at radius 3 is 2.48 bits per heavy atom. The quantitative estimate of drug-likeness (QED) is 0.767. The molecule has 2 aromatic rings. The van der Waals surface area contributed by atoms with Crippen LogP contribution in [0.2, 0.25) is 0 Å². The lowest BCUT2D eigenvalue weighted by Crippen LogP contribution is -2.37. The Hall–Kier alpha value is -3.16. The van der Waals surface area contributed by atoms with Gasteiger partial charge in [-0.05, 0) is 19.1 Å². The normalized spacial score (nSPS) is 21.5. The Kier molecular flexibility index (Phi) is 5.33. The summed E-state index contributed by atoms with van der Waals surface area (Å²) in [6, 6.07) is 11.2. The van der Waals surface area contributed by atoms with Crippen molar-refractivity contribution in [3.63, 3.8) is 0 Å². The second-order valence-corrected chi connectivity index (χ2v) is 7.47. The van der Waals surface area contributed by atoms with Crippen molar-refractivity contribution in [1.29, 1.82) is 0 Å². The summed E-state index contributed by atoms with van der Waals surface area (Å²) < 4.78 is 10.8. The van der Waals surface area contributed by atoms with E-state index in [1.807, 2.05) is 31.2 Å². The second kappa shape index (κ2) is 8.06. The third kappa shape index (κ3) is 4.16. The molecular formula is C21H24N4O4. The summed E-state index contributed by atoms with van der Waals surface area (Å²) in [4.78, 5) is 28.9. The summed E-state index contributed by atoms with van der Waals surface area (Å²) in [7, 11) is 1.53. The Morgan fingerprint density at radius 1 is 1.07 bits per heavy atom. The molecule has 4 rings (SSSR count). The van der Waals surface area contributed by atoms with Crippen LogP contribution in [0.3, 0.4) is 0 Å². The minimum atomic E-state index is -0.316. The molecule has 2 aliphatic rings. The largest absolute Gasteiger partial charge is 0.480 e. The van der Waals surface area contributed by atoms with E-state index in [1.165, 1.54) is 7.11 Å². The lowest BCUT2D eigenvalue weighted by atomic mass is 10.1. The topological polar surface area (TPSA) is 84.9 Å². The first-order chi connectivity index (χ1) is 14.0. The van der Waals surface area contributed by atoms with E-state index >= 15 is 0 Å². The lowest BCUT2D eigenvalue weighted by Gasteiger charge is -2.21. The van der Waals surface area contributed by atoms with Crippen molar-refractivity contribution in [3.05, 3.63) is 42.0 Å². The van der Waals surface area contributed by atoms with Gasteiger partial charge in [0.1, 0.15) is 6.10 Å². The molecule has 0 bridgehead atoms. The molecule has 8 nitrogen and oxygen atoms in total. The van der Waals surface area contributed by atoms with E-state index in [1.54, 1.807) is 21.9 Å². The maximum atomic E-state index is 13.0. The van der Waals surface area contributed by atoms with E-state index in [4.69, 9.17) is 9.47 Å². The molecule has 8 heteroatoms. The van der Waals surface area contributed by atoms with Gasteiger partial charge in [-0.1, -0.05) is 17.7 Å². The molecule has 0 N–H and O–H groups in total. The third-order valence-corrected chi connectivity index (χ3v) is 5.39. The van der Waals surface area contributed by atoms with Crippen LogP contribution in [-0.4, -0.2) is 59.8 Å². The van der Waals surface area contributed by atoms with Crippen LogP contribution in [0.4, 0.5) is 5.69 Å². The van der Waals surface area contributed by atoms with Gasteiger partial charge >= 0.3 is 0 Å². The minimum Gasteiger partial charge on any atom is -0.480 e. The van der Waals surface area contributed by atoms with Crippen molar-refractivity contribution in [2.45, 2.75) is 25.9 Å². The predicted molar refractivity (Wildman–Crippen MR) is 106 cm³/mol. The maximum absolute atomic E-state index is 13.0. The number of hydrogen-bond acceptors (Lipinski definition) is 6. The van der Waals surface area contributed by atoms with Crippen LogP contribution in [0, 0.1) is 12.8 Å². The Balaban J connectivity index is 1.34. The molecule has 0 spiro atoms. The van der Waals surface area contributed by atoms with Crippen molar-refractivity contribution >= 4 is 17.5 Å². The van der Waals surface area contributed by atoms with Crippen molar-refractivity contribution in [2.75, 3.05) is 31.6 Å². The maximum Gasteiger partial charge on any atom is 0.233 e. The molecule has 2 unspecified atom stereocenters. The molecule has 2 atom stereocenters. The Morgan fingerprint density at radius 2 is 1.79 bits per heavy atom. The number of amides is 2. The highest BCUT2D eigenvalue weighted by molar-refractivity contribution is 6.00. The highest BCUT2D eigenvalue weighted by Crippen LogP contribution is 2.28. The zero-order valence-electron chi connectivity index (χ0n) is 16.6. The van der Waals surface area contributed by atoms with Crippen LogP contribution in [0.25, 0.3) is 0 Å². The number of hydrogen-bond donors (Lipinski definition) is 0. The number of rotatable bonds is 5. The first kappa shape index (κ1) is 19.2. The van der Waals surface area contributed by atoms with Gasteiger partial charge in [-0.2, -0.15) is 0 Å². The molecule has 29 heavy (non-hydrogen) atoms. The second-order valence-electron chi connectivity index (χ2n) is 7.47. The molecule has 2 aliphatic heterocycles. The fourth-order valence-corrected chi connectivity index (χ4v) is 3.78. The van der Waals surface area contributed by atoms with E-state index in [0.29, 0.717) is 31.4 Å². The highest BCUT2D eigenvalue weighted by Gasteiger charge is 2.39. The molecular weight excluding hydrogens is 372 g/mol. The van der Waals surface area contributed by atoms with Crippen LogP contribution in [0.1, 0.15) is 18.4 Å². The number of carbonyl (C=O) groups is 2. The van der Waals surface area contributed by atoms with Gasteiger partial charge in [-0.3, -0.25) is 9.59 Å². The van der Waals surface area contributed by atoms with Gasteiger partial charge in [0.25, 0.3) is 0 Å². The standard InChI is InChI=1S/C21H24N4O4/c1-14-3-5-16(6-4-14)25-12-15(11-20(25)26)21(27)24-10-9-17(13-24)29-19-8-7-18(28-2)22-23-19/h3-8,15,17H,9-13H2,1-2H3. The van der Waals surface area contributed by atoms with Gasteiger partial charge in [0.2, 0.25) is 23.6 Å². The van der Waals surface area contributed by atoms with Crippen LogP contribution in [-0.2, 0) is 9.59 Å². The summed E-state index contributed by atoms with van der Waals surface area (Å²) in [6.07, 6.45) is 0.840. The summed E-state index contributed by atoms with van der Waals surface area (Å²) in [5.74, 6) is 0.521. The first-order valence-corrected chi connectivity index (χ1v) is 9.73. The number of methoxy groups -OCH3 is 1. The third-order valence-electron chi connectivity index (χ3n) is 5.39. The van der Waals surface area contributed by atoms with Crippen LogP contribution in [0.15, 0.2) is 36.4 Å². The summed E-state index contributed by atoms with van der Waals surface area (Å²) in [6.45, 7) is 3.53. The van der Waals surface area contributed by atoms with Gasteiger partial charge in [0.05, 0.1) is 19.6 Å². The molecule has 2 saturated heterocycles. The van der Waals surface area contributed by atoms with Gasteiger partial charge in [0, 0.05) is 43.8 Å². The molecule has 1 aromatic heterocycles. The van der Waals surface area contributed by atoms with Crippen molar-refractivity contribution in [3.8, 4) is 11.8 Å². The lowest BCUT2D eigenvalue weighted by molar-refractivity contribution is -0.135. The highest BCUT2D eigenvalue weighted by atomic mass is 16.5. The number of aryl methyl sites for hydroxylation is 1. The molecule has 0 radical (unpaired) electrons. The molecule has 2 fully saturated rings. The molecule has 2 amide bonds. The summed E-state index contributed by atoms with van der Waals surface area (Å²) >= 11 is 0. The zero-order valence-corrected chi connectivity index (χ0v) is 16.6. The summed E-state index contributed by atoms with van der Waals surface area (Å²) in [5, 5.41) is 7.85. The number of aromatic nitrogens is 2. The van der Waals surface area contributed by atoms with Gasteiger partial charge in [-0.25, -0.2) is 0 Å². The average molecular weight is 396 g/mol. The first-order valence-electron chi connectivity index (χ1n) is 9.73. The average Bonchev–Trinajstić information content (AvgIpc) is 3.35. The predicted octanol–water partition coefficient (Wildman–Crippen LogP) is 1.83. The monoisotopic (exact) mass is 396 g/mol. The molecule has 152 valence electrons. The number of anilines is 1. The van der Waals surface area contributed by atoms with E-state index in [2.05, 4.69) is 10.2 Å². The number of likely N-dealkylation sites (tertiary alicyclic amines) is 1. The number of benzene rings is 1. The zero-order chi connectivity index (χ0) is 20.4. The van der Waals surface area contributed by atoms with E-state index in [0.717, 1.165) is 17.7 Å². The molecule has 0 aliphatic carbocycles. The molecule has 0 saturated carbocycles. The fourth-order valence-electron chi connectivity index (χ4n) is 3.78. The number of nitrogens with zero attached hydrogens (tertiary/aromatic N) is 4. The SMILES string of the molecule is COc1ccc(OC2CCN(C(=O)C3CC(=O)N(c4ccc(C)cc4)C3)C2)nn1.